The summed E-state index contributed by atoms with van der Waals surface area (Å²) in [6, 6.07) is 0. The average Bonchev–Trinajstić information content (AvgIpc) is 2.36. The molecular weight excluding hydrogens is 224 g/mol. The molecule has 1 unspecified atom stereocenters. The first-order valence-electron chi connectivity index (χ1n) is 7.59. The number of ether oxygens (including phenoxy) is 1. The highest BCUT2D eigenvalue weighted by Gasteiger charge is 2.29. The van der Waals surface area contributed by atoms with E-state index in [1.807, 2.05) is 0 Å². The van der Waals surface area contributed by atoms with E-state index in [1.165, 1.54) is 25.7 Å². The maximum atomic E-state index is 10.3. The molecule has 0 spiro atoms. The third kappa shape index (κ3) is 4.89. The molecular formula is C16H32O2. The van der Waals surface area contributed by atoms with Crippen LogP contribution < -0.4 is 0 Å². The number of hydrogen-bond donors (Lipinski definition) is 1. The molecule has 1 atom stereocenters. The van der Waals surface area contributed by atoms with Gasteiger partial charge < -0.3 is 9.84 Å². The summed E-state index contributed by atoms with van der Waals surface area (Å²) in [6.07, 6.45) is 6.69. The molecule has 0 aromatic heterocycles. The summed E-state index contributed by atoms with van der Waals surface area (Å²) >= 11 is 0. The lowest BCUT2D eigenvalue weighted by atomic mass is 9.74. The van der Waals surface area contributed by atoms with Gasteiger partial charge in [0, 0.05) is 7.11 Å². The standard InChI is InChI=1S/C16H32O2/c1-12(2)13-6-8-14(9-7-13)15(17)10-11-16(3,4)18-5/h12-15,17H,6-11H2,1-5H3. The largest absolute Gasteiger partial charge is 0.393 e. The molecule has 1 fully saturated rings. The summed E-state index contributed by atoms with van der Waals surface area (Å²) in [6.45, 7) is 8.83. The Morgan fingerprint density at radius 2 is 1.61 bits per heavy atom. The van der Waals surface area contributed by atoms with Gasteiger partial charge in [0.25, 0.3) is 0 Å². The Morgan fingerprint density at radius 3 is 2.06 bits per heavy atom. The van der Waals surface area contributed by atoms with E-state index in [0.717, 1.165) is 24.7 Å². The van der Waals surface area contributed by atoms with Crippen molar-refractivity contribution in [1.82, 2.24) is 0 Å². The van der Waals surface area contributed by atoms with Crippen molar-refractivity contribution in [1.29, 1.82) is 0 Å². The molecule has 0 aromatic rings. The van der Waals surface area contributed by atoms with Crippen molar-refractivity contribution in [3.05, 3.63) is 0 Å². The fourth-order valence-corrected chi connectivity index (χ4v) is 3.03. The van der Waals surface area contributed by atoms with E-state index in [-0.39, 0.29) is 11.7 Å². The second-order valence-electron chi connectivity index (χ2n) is 6.99. The number of aliphatic hydroxyl groups is 1. The van der Waals surface area contributed by atoms with Crippen LogP contribution >= 0.6 is 0 Å². The second kappa shape index (κ2) is 6.91. The summed E-state index contributed by atoms with van der Waals surface area (Å²) in [5.74, 6) is 2.20. The Hall–Kier alpha value is -0.0800. The van der Waals surface area contributed by atoms with Crippen molar-refractivity contribution in [3.8, 4) is 0 Å². The summed E-state index contributed by atoms with van der Waals surface area (Å²) in [5.41, 5.74) is -0.101. The van der Waals surface area contributed by atoms with E-state index < -0.39 is 0 Å². The number of hydrogen-bond acceptors (Lipinski definition) is 2. The minimum absolute atomic E-state index is 0.101. The molecule has 1 aliphatic carbocycles. The molecule has 108 valence electrons. The van der Waals surface area contributed by atoms with Gasteiger partial charge in [-0.05, 0) is 70.1 Å². The molecule has 2 heteroatoms. The normalized spacial score (nSPS) is 27.5. The van der Waals surface area contributed by atoms with E-state index in [0.29, 0.717) is 5.92 Å². The average molecular weight is 256 g/mol. The topological polar surface area (TPSA) is 29.5 Å². The maximum absolute atomic E-state index is 10.3. The molecule has 0 amide bonds. The van der Waals surface area contributed by atoms with Gasteiger partial charge in [0.05, 0.1) is 11.7 Å². The quantitative estimate of drug-likeness (QED) is 0.778. The first-order chi connectivity index (χ1) is 8.35. The van der Waals surface area contributed by atoms with Gasteiger partial charge in [0.15, 0.2) is 0 Å². The monoisotopic (exact) mass is 256 g/mol. The predicted octanol–water partition coefficient (Wildman–Crippen LogP) is 4.01. The van der Waals surface area contributed by atoms with E-state index in [1.54, 1.807) is 7.11 Å². The van der Waals surface area contributed by atoms with Crippen LogP contribution in [-0.2, 0) is 4.74 Å². The van der Waals surface area contributed by atoms with Gasteiger partial charge in [-0.2, -0.15) is 0 Å². The van der Waals surface area contributed by atoms with Crippen LogP contribution in [0, 0.1) is 17.8 Å². The van der Waals surface area contributed by atoms with Crippen molar-refractivity contribution in [2.24, 2.45) is 17.8 Å². The summed E-state index contributed by atoms with van der Waals surface area (Å²) in [5, 5.41) is 10.3. The van der Waals surface area contributed by atoms with Gasteiger partial charge in [-0.3, -0.25) is 0 Å². The molecule has 0 aromatic carbocycles. The van der Waals surface area contributed by atoms with Gasteiger partial charge in [0.1, 0.15) is 0 Å². The zero-order chi connectivity index (χ0) is 13.8. The molecule has 0 bridgehead atoms. The van der Waals surface area contributed by atoms with Crippen LogP contribution in [0.25, 0.3) is 0 Å². The predicted molar refractivity (Wildman–Crippen MR) is 76.6 cm³/mol. The number of methoxy groups -OCH3 is 1. The Labute approximate surface area is 113 Å². The lowest BCUT2D eigenvalue weighted by Crippen LogP contribution is -2.30. The molecule has 0 saturated heterocycles. The molecule has 1 saturated carbocycles. The zero-order valence-electron chi connectivity index (χ0n) is 12.9. The van der Waals surface area contributed by atoms with Gasteiger partial charge in [-0.1, -0.05) is 13.8 Å². The highest BCUT2D eigenvalue weighted by atomic mass is 16.5. The van der Waals surface area contributed by atoms with E-state index in [4.69, 9.17) is 4.74 Å². The molecule has 1 aliphatic rings. The molecule has 1 rings (SSSR count). The molecule has 18 heavy (non-hydrogen) atoms. The van der Waals surface area contributed by atoms with Crippen LogP contribution in [0.1, 0.15) is 66.2 Å². The maximum Gasteiger partial charge on any atom is 0.0623 e. The fraction of sp³-hybridized carbons (Fsp3) is 1.00. The molecule has 0 aliphatic heterocycles. The number of aliphatic hydroxyl groups excluding tert-OH is 1. The molecule has 1 N–H and O–H groups in total. The molecule has 2 nitrogen and oxygen atoms in total. The van der Waals surface area contributed by atoms with Crippen LogP contribution in [0.2, 0.25) is 0 Å². The third-order valence-corrected chi connectivity index (χ3v) is 4.90. The van der Waals surface area contributed by atoms with Crippen LogP contribution in [-0.4, -0.2) is 23.9 Å². The summed E-state index contributed by atoms with van der Waals surface area (Å²) < 4.78 is 5.41. The van der Waals surface area contributed by atoms with Crippen molar-refractivity contribution < 1.29 is 9.84 Å². The summed E-state index contributed by atoms with van der Waals surface area (Å²) in [7, 11) is 1.75. The Balaban J connectivity index is 2.30. The summed E-state index contributed by atoms with van der Waals surface area (Å²) in [4.78, 5) is 0. The molecule has 0 heterocycles. The lowest BCUT2D eigenvalue weighted by molar-refractivity contribution is -0.00937. The van der Waals surface area contributed by atoms with Gasteiger partial charge >= 0.3 is 0 Å². The SMILES string of the molecule is COC(C)(C)CCC(O)C1CCC(C(C)C)CC1. The van der Waals surface area contributed by atoms with Crippen LogP contribution in [0.15, 0.2) is 0 Å². The van der Waals surface area contributed by atoms with E-state index >= 15 is 0 Å². The van der Waals surface area contributed by atoms with Gasteiger partial charge in [0.2, 0.25) is 0 Å². The van der Waals surface area contributed by atoms with E-state index in [9.17, 15) is 5.11 Å². The van der Waals surface area contributed by atoms with Crippen molar-refractivity contribution >= 4 is 0 Å². The lowest BCUT2D eigenvalue weighted by Gasteiger charge is -2.34. The van der Waals surface area contributed by atoms with Crippen molar-refractivity contribution in [2.75, 3.05) is 7.11 Å². The second-order valence-corrected chi connectivity index (χ2v) is 6.99. The van der Waals surface area contributed by atoms with E-state index in [2.05, 4.69) is 27.7 Å². The first kappa shape index (κ1) is 16.0. The highest BCUT2D eigenvalue weighted by Crippen LogP contribution is 2.36. The highest BCUT2D eigenvalue weighted by molar-refractivity contribution is 4.80. The van der Waals surface area contributed by atoms with Gasteiger partial charge in [-0.15, -0.1) is 0 Å². The minimum Gasteiger partial charge on any atom is -0.393 e. The van der Waals surface area contributed by atoms with Crippen LogP contribution in [0.4, 0.5) is 0 Å². The van der Waals surface area contributed by atoms with Crippen molar-refractivity contribution in [3.63, 3.8) is 0 Å². The Morgan fingerprint density at radius 1 is 1.11 bits per heavy atom. The number of rotatable bonds is 6. The van der Waals surface area contributed by atoms with Crippen molar-refractivity contribution in [2.45, 2.75) is 77.9 Å². The van der Waals surface area contributed by atoms with Crippen LogP contribution in [0.3, 0.4) is 0 Å². The smallest absolute Gasteiger partial charge is 0.0623 e. The fourth-order valence-electron chi connectivity index (χ4n) is 3.03. The van der Waals surface area contributed by atoms with Gasteiger partial charge in [-0.25, -0.2) is 0 Å². The first-order valence-corrected chi connectivity index (χ1v) is 7.59. The Bertz CT molecular complexity index is 227. The third-order valence-electron chi connectivity index (χ3n) is 4.90. The molecule has 0 radical (unpaired) electrons. The zero-order valence-corrected chi connectivity index (χ0v) is 12.9. The minimum atomic E-state index is -0.132. The van der Waals surface area contributed by atoms with Crippen LogP contribution in [0.5, 0.6) is 0 Å². The Kier molecular flexibility index (Phi) is 6.13.